The van der Waals surface area contributed by atoms with Crippen molar-refractivity contribution >= 4 is 17.3 Å². The van der Waals surface area contributed by atoms with E-state index in [0.717, 1.165) is 42.2 Å². The number of hydrogen-bond donors (Lipinski definition) is 0. The lowest BCUT2D eigenvalue weighted by Crippen LogP contribution is -2.29. The molecule has 0 fully saturated rings. The molecule has 1 aromatic heterocycles. The Balaban J connectivity index is 2.02. The third kappa shape index (κ3) is 2.20. The van der Waals surface area contributed by atoms with Crippen molar-refractivity contribution in [3.8, 4) is 5.69 Å². The SMILES string of the molecule is C=C(CCl)N1CCCc2c1cnn2-c1ccc(F)cc1. The summed E-state index contributed by atoms with van der Waals surface area (Å²) < 4.78 is 14.9. The number of nitrogens with zero attached hydrogens (tertiary/aromatic N) is 3. The Morgan fingerprint density at radius 2 is 2.10 bits per heavy atom. The zero-order chi connectivity index (χ0) is 14.1. The number of alkyl halides is 1. The predicted octanol–water partition coefficient (Wildman–Crippen LogP) is 3.52. The number of anilines is 1. The summed E-state index contributed by atoms with van der Waals surface area (Å²) in [5.41, 5.74) is 3.91. The summed E-state index contributed by atoms with van der Waals surface area (Å²) in [6.07, 6.45) is 3.80. The maximum Gasteiger partial charge on any atom is 0.123 e. The Labute approximate surface area is 122 Å². The van der Waals surface area contributed by atoms with Gasteiger partial charge in [-0.2, -0.15) is 5.10 Å². The molecule has 20 heavy (non-hydrogen) atoms. The smallest absolute Gasteiger partial charge is 0.123 e. The Bertz CT molecular complexity index is 633. The molecule has 0 bridgehead atoms. The summed E-state index contributed by atoms with van der Waals surface area (Å²) in [5, 5.41) is 4.43. The minimum atomic E-state index is -0.244. The van der Waals surface area contributed by atoms with E-state index in [9.17, 15) is 4.39 Å². The standard InChI is InChI=1S/C15H15ClFN3/c1-11(9-16)19-8-2-3-14-15(19)10-18-20(14)13-6-4-12(17)5-7-13/h4-7,10H,1-3,8-9H2. The Morgan fingerprint density at radius 1 is 1.35 bits per heavy atom. The van der Waals surface area contributed by atoms with Gasteiger partial charge in [-0.05, 0) is 37.1 Å². The number of rotatable bonds is 3. The molecule has 2 heterocycles. The van der Waals surface area contributed by atoms with Crippen LogP contribution in [0.4, 0.5) is 10.1 Å². The van der Waals surface area contributed by atoms with Gasteiger partial charge in [0.05, 0.1) is 29.1 Å². The van der Waals surface area contributed by atoms with Crippen molar-refractivity contribution in [2.45, 2.75) is 12.8 Å². The molecule has 0 aliphatic carbocycles. The van der Waals surface area contributed by atoms with E-state index in [4.69, 9.17) is 11.6 Å². The van der Waals surface area contributed by atoms with Crippen LogP contribution >= 0.6 is 11.6 Å². The van der Waals surface area contributed by atoms with Crippen molar-refractivity contribution in [1.82, 2.24) is 9.78 Å². The third-order valence-corrected chi connectivity index (χ3v) is 3.85. The van der Waals surface area contributed by atoms with Gasteiger partial charge < -0.3 is 4.90 Å². The Kier molecular flexibility index (Phi) is 3.49. The van der Waals surface area contributed by atoms with Gasteiger partial charge in [-0.3, -0.25) is 0 Å². The van der Waals surface area contributed by atoms with Gasteiger partial charge in [0.15, 0.2) is 0 Å². The number of allylic oxidation sites excluding steroid dienone is 1. The highest BCUT2D eigenvalue weighted by Gasteiger charge is 2.23. The summed E-state index contributed by atoms with van der Waals surface area (Å²) in [6.45, 7) is 4.91. The fraction of sp³-hybridized carbons (Fsp3) is 0.267. The molecule has 0 radical (unpaired) electrons. The van der Waals surface area contributed by atoms with Crippen LogP contribution in [0, 0.1) is 5.82 Å². The lowest BCUT2D eigenvalue weighted by Gasteiger charge is -2.29. The maximum atomic E-state index is 13.0. The molecule has 5 heteroatoms. The minimum Gasteiger partial charge on any atom is -0.342 e. The van der Waals surface area contributed by atoms with Gasteiger partial charge in [0, 0.05) is 12.2 Å². The normalized spacial score (nSPS) is 14.2. The Morgan fingerprint density at radius 3 is 2.80 bits per heavy atom. The van der Waals surface area contributed by atoms with Gasteiger partial charge in [0.2, 0.25) is 0 Å². The molecule has 104 valence electrons. The molecular formula is C15H15ClFN3. The number of hydrogen-bond acceptors (Lipinski definition) is 2. The highest BCUT2D eigenvalue weighted by atomic mass is 35.5. The monoisotopic (exact) mass is 291 g/mol. The van der Waals surface area contributed by atoms with Gasteiger partial charge in [0.25, 0.3) is 0 Å². The molecule has 3 rings (SSSR count). The van der Waals surface area contributed by atoms with E-state index < -0.39 is 0 Å². The second-order valence-corrected chi connectivity index (χ2v) is 5.09. The summed E-state index contributed by atoms with van der Waals surface area (Å²) in [5.74, 6) is 0.160. The van der Waals surface area contributed by atoms with Crippen molar-refractivity contribution in [3.63, 3.8) is 0 Å². The maximum absolute atomic E-state index is 13.0. The van der Waals surface area contributed by atoms with Gasteiger partial charge in [-0.25, -0.2) is 9.07 Å². The van der Waals surface area contributed by atoms with Crippen LogP contribution < -0.4 is 4.90 Å². The van der Waals surface area contributed by atoms with Crippen molar-refractivity contribution in [3.05, 3.63) is 54.2 Å². The lowest BCUT2D eigenvalue weighted by atomic mass is 10.1. The van der Waals surface area contributed by atoms with E-state index in [1.807, 2.05) is 10.9 Å². The average Bonchev–Trinajstić information content (AvgIpc) is 2.91. The summed E-state index contributed by atoms with van der Waals surface area (Å²) in [6, 6.07) is 6.36. The molecule has 0 atom stereocenters. The van der Waals surface area contributed by atoms with E-state index in [-0.39, 0.29) is 5.82 Å². The van der Waals surface area contributed by atoms with Gasteiger partial charge >= 0.3 is 0 Å². The number of aromatic nitrogens is 2. The molecule has 1 aliphatic heterocycles. The van der Waals surface area contributed by atoms with Gasteiger partial charge in [-0.15, -0.1) is 11.6 Å². The number of halogens is 2. The molecule has 1 aromatic carbocycles. The molecule has 0 unspecified atom stereocenters. The van der Waals surface area contributed by atoms with Crippen LogP contribution in [0.1, 0.15) is 12.1 Å². The molecule has 0 N–H and O–H groups in total. The second-order valence-electron chi connectivity index (χ2n) is 4.82. The number of benzene rings is 1. The second kappa shape index (κ2) is 5.29. The van der Waals surface area contributed by atoms with Crippen LogP contribution in [-0.2, 0) is 6.42 Å². The Hall–Kier alpha value is -1.81. The molecule has 3 nitrogen and oxygen atoms in total. The number of fused-ring (bicyclic) bond motifs is 1. The van der Waals surface area contributed by atoms with Crippen molar-refractivity contribution in [2.75, 3.05) is 17.3 Å². The van der Waals surface area contributed by atoms with Gasteiger partial charge in [0.1, 0.15) is 5.82 Å². The molecule has 0 spiro atoms. The van der Waals surface area contributed by atoms with Crippen LogP contribution in [0.5, 0.6) is 0 Å². The summed E-state index contributed by atoms with van der Waals surface area (Å²) in [4.78, 5) is 2.11. The topological polar surface area (TPSA) is 21.1 Å². The first kappa shape index (κ1) is 13.2. The third-order valence-electron chi connectivity index (χ3n) is 3.54. The van der Waals surface area contributed by atoms with E-state index in [1.165, 1.54) is 12.1 Å². The summed E-state index contributed by atoms with van der Waals surface area (Å²) in [7, 11) is 0. The zero-order valence-electron chi connectivity index (χ0n) is 11.0. The van der Waals surface area contributed by atoms with Crippen LogP contribution in [0.25, 0.3) is 5.69 Å². The molecule has 2 aromatic rings. The summed E-state index contributed by atoms with van der Waals surface area (Å²) >= 11 is 5.88. The van der Waals surface area contributed by atoms with Crippen LogP contribution in [0.3, 0.4) is 0 Å². The van der Waals surface area contributed by atoms with Crippen molar-refractivity contribution in [2.24, 2.45) is 0 Å². The highest BCUT2D eigenvalue weighted by Crippen LogP contribution is 2.31. The first-order valence-electron chi connectivity index (χ1n) is 6.55. The quantitative estimate of drug-likeness (QED) is 0.807. The molecule has 0 saturated carbocycles. The van der Waals surface area contributed by atoms with E-state index in [2.05, 4.69) is 16.6 Å². The van der Waals surface area contributed by atoms with Crippen LogP contribution in [0.2, 0.25) is 0 Å². The van der Waals surface area contributed by atoms with Crippen molar-refractivity contribution < 1.29 is 4.39 Å². The minimum absolute atomic E-state index is 0.244. The fourth-order valence-electron chi connectivity index (χ4n) is 2.56. The predicted molar refractivity (Wildman–Crippen MR) is 79.0 cm³/mol. The first-order chi connectivity index (χ1) is 9.70. The van der Waals surface area contributed by atoms with Crippen LogP contribution in [-0.4, -0.2) is 22.2 Å². The van der Waals surface area contributed by atoms with Crippen molar-refractivity contribution in [1.29, 1.82) is 0 Å². The first-order valence-corrected chi connectivity index (χ1v) is 7.08. The molecule has 0 saturated heterocycles. The van der Waals surface area contributed by atoms with Gasteiger partial charge in [-0.1, -0.05) is 6.58 Å². The molecule has 1 aliphatic rings. The highest BCUT2D eigenvalue weighted by molar-refractivity contribution is 6.19. The van der Waals surface area contributed by atoms with E-state index in [1.54, 1.807) is 12.1 Å². The molecular weight excluding hydrogens is 277 g/mol. The molecule has 0 amide bonds. The van der Waals surface area contributed by atoms with Crippen LogP contribution in [0.15, 0.2) is 42.7 Å². The van der Waals surface area contributed by atoms with E-state index >= 15 is 0 Å². The zero-order valence-corrected chi connectivity index (χ0v) is 11.8. The van der Waals surface area contributed by atoms with E-state index in [0.29, 0.717) is 5.88 Å². The lowest BCUT2D eigenvalue weighted by molar-refractivity contribution is 0.626. The fourth-order valence-corrected chi connectivity index (χ4v) is 2.70. The largest absolute Gasteiger partial charge is 0.342 e. The average molecular weight is 292 g/mol.